The van der Waals surface area contributed by atoms with Crippen LogP contribution in [0.3, 0.4) is 0 Å². The van der Waals surface area contributed by atoms with Crippen LogP contribution < -0.4 is 16.4 Å². The molecule has 0 amide bonds. The number of rotatable bonds is 3. The van der Waals surface area contributed by atoms with Crippen LogP contribution in [0.15, 0.2) is 18.2 Å². The van der Waals surface area contributed by atoms with Crippen molar-refractivity contribution in [1.29, 1.82) is 0 Å². The van der Waals surface area contributed by atoms with Gasteiger partial charge in [0.05, 0.1) is 23.9 Å². The van der Waals surface area contributed by atoms with Gasteiger partial charge >= 0.3 is 5.97 Å². The Morgan fingerprint density at radius 3 is 2.58 bits per heavy atom. The average molecular weight is 263 g/mol. The Kier molecular flexibility index (Phi) is 4.14. The summed E-state index contributed by atoms with van der Waals surface area (Å²) in [7, 11) is 0. The van der Waals surface area contributed by atoms with E-state index in [1.54, 1.807) is 0 Å². The van der Waals surface area contributed by atoms with Gasteiger partial charge in [0.15, 0.2) is 0 Å². The van der Waals surface area contributed by atoms with Gasteiger partial charge in [-0.05, 0) is 38.0 Å². The number of ether oxygens (including phenoxy) is 1. The molecule has 1 fully saturated rings. The molecule has 0 aromatic heterocycles. The molecule has 1 aromatic carbocycles. The molecule has 0 atom stereocenters. The SMILES string of the molecule is CCOC(=O)C1CCN(c2ccc(N)c(N)c2)CC1. The largest absolute Gasteiger partial charge is 0.466 e. The minimum Gasteiger partial charge on any atom is -0.466 e. The van der Waals surface area contributed by atoms with Crippen molar-refractivity contribution in [2.45, 2.75) is 19.8 Å². The number of carbonyl (C=O) groups is 1. The fourth-order valence-corrected chi connectivity index (χ4v) is 2.39. The molecule has 104 valence electrons. The second-order valence-electron chi connectivity index (χ2n) is 4.83. The summed E-state index contributed by atoms with van der Waals surface area (Å²) < 4.78 is 5.06. The maximum atomic E-state index is 11.7. The summed E-state index contributed by atoms with van der Waals surface area (Å²) in [5.41, 5.74) is 13.8. The van der Waals surface area contributed by atoms with E-state index in [-0.39, 0.29) is 11.9 Å². The van der Waals surface area contributed by atoms with E-state index in [4.69, 9.17) is 16.2 Å². The third-order valence-electron chi connectivity index (χ3n) is 3.55. The van der Waals surface area contributed by atoms with Crippen LogP contribution in [0.2, 0.25) is 0 Å². The van der Waals surface area contributed by atoms with Gasteiger partial charge in [0.2, 0.25) is 0 Å². The number of nitrogens with two attached hydrogens (primary N) is 2. The summed E-state index contributed by atoms with van der Waals surface area (Å²) in [5, 5.41) is 0. The number of nitrogens with zero attached hydrogens (tertiary/aromatic N) is 1. The number of nitrogen functional groups attached to an aromatic ring is 2. The highest BCUT2D eigenvalue weighted by atomic mass is 16.5. The van der Waals surface area contributed by atoms with E-state index in [1.165, 1.54) is 0 Å². The third kappa shape index (κ3) is 3.10. The molecule has 0 saturated carbocycles. The van der Waals surface area contributed by atoms with Crippen molar-refractivity contribution in [2.24, 2.45) is 5.92 Å². The predicted molar refractivity (Wildman–Crippen MR) is 76.8 cm³/mol. The van der Waals surface area contributed by atoms with Crippen LogP contribution in [0.25, 0.3) is 0 Å². The first-order chi connectivity index (χ1) is 9.11. The maximum absolute atomic E-state index is 11.7. The van der Waals surface area contributed by atoms with E-state index in [2.05, 4.69) is 4.90 Å². The summed E-state index contributed by atoms with van der Waals surface area (Å²) in [5.74, 6) is -0.0405. The molecule has 5 heteroatoms. The lowest BCUT2D eigenvalue weighted by Gasteiger charge is -2.32. The van der Waals surface area contributed by atoms with Gasteiger partial charge < -0.3 is 21.1 Å². The standard InChI is InChI=1S/C14H21N3O2/c1-2-19-14(18)10-5-7-17(8-6-10)11-3-4-12(15)13(16)9-11/h3-4,9-10H,2,5-8,15-16H2,1H3. The fourth-order valence-electron chi connectivity index (χ4n) is 2.39. The molecule has 4 N–H and O–H groups in total. The molecule has 1 aromatic rings. The van der Waals surface area contributed by atoms with E-state index in [0.29, 0.717) is 18.0 Å². The van der Waals surface area contributed by atoms with Gasteiger partial charge in [-0.3, -0.25) is 4.79 Å². The van der Waals surface area contributed by atoms with E-state index in [9.17, 15) is 4.79 Å². The molecule has 0 radical (unpaired) electrons. The van der Waals surface area contributed by atoms with Crippen molar-refractivity contribution in [3.8, 4) is 0 Å². The van der Waals surface area contributed by atoms with Gasteiger partial charge in [-0.25, -0.2) is 0 Å². The quantitative estimate of drug-likeness (QED) is 0.640. The normalized spacial score (nSPS) is 16.4. The molecular weight excluding hydrogens is 242 g/mol. The van der Waals surface area contributed by atoms with E-state index in [1.807, 2.05) is 25.1 Å². The van der Waals surface area contributed by atoms with Gasteiger partial charge in [-0.2, -0.15) is 0 Å². The van der Waals surface area contributed by atoms with Crippen molar-refractivity contribution in [3.63, 3.8) is 0 Å². The highest BCUT2D eigenvalue weighted by Gasteiger charge is 2.26. The summed E-state index contributed by atoms with van der Waals surface area (Å²) in [6.45, 7) is 3.97. The van der Waals surface area contributed by atoms with Crippen LogP contribution >= 0.6 is 0 Å². The lowest BCUT2D eigenvalue weighted by molar-refractivity contribution is -0.148. The number of esters is 1. The van der Waals surface area contributed by atoms with E-state index in [0.717, 1.165) is 31.6 Å². The number of hydrogen-bond acceptors (Lipinski definition) is 5. The molecule has 1 aliphatic rings. The molecule has 0 unspecified atom stereocenters. The zero-order valence-electron chi connectivity index (χ0n) is 11.3. The number of benzene rings is 1. The Hall–Kier alpha value is -1.91. The Balaban J connectivity index is 1.96. The Morgan fingerprint density at radius 1 is 1.32 bits per heavy atom. The van der Waals surface area contributed by atoms with Gasteiger partial charge in [-0.15, -0.1) is 0 Å². The number of anilines is 3. The summed E-state index contributed by atoms with van der Waals surface area (Å²) in [6, 6.07) is 5.68. The van der Waals surface area contributed by atoms with Gasteiger partial charge in [-0.1, -0.05) is 0 Å². The van der Waals surface area contributed by atoms with Gasteiger partial charge in [0, 0.05) is 18.8 Å². The first-order valence-electron chi connectivity index (χ1n) is 6.68. The van der Waals surface area contributed by atoms with E-state index < -0.39 is 0 Å². The number of hydrogen-bond donors (Lipinski definition) is 2. The molecule has 1 aliphatic heterocycles. The molecule has 0 spiro atoms. The minimum atomic E-state index is -0.0704. The monoisotopic (exact) mass is 263 g/mol. The molecule has 5 nitrogen and oxygen atoms in total. The van der Waals surface area contributed by atoms with Crippen molar-refractivity contribution in [3.05, 3.63) is 18.2 Å². The Bertz CT molecular complexity index is 454. The second kappa shape index (κ2) is 5.82. The van der Waals surface area contributed by atoms with Gasteiger partial charge in [0.1, 0.15) is 0 Å². The molecule has 0 aliphatic carbocycles. The number of carbonyl (C=O) groups excluding carboxylic acids is 1. The smallest absolute Gasteiger partial charge is 0.309 e. The van der Waals surface area contributed by atoms with E-state index >= 15 is 0 Å². The van der Waals surface area contributed by atoms with Crippen LogP contribution in [-0.4, -0.2) is 25.7 Å². The van der Waals surface area contributed by atoms with Crippen molar-refractivity contribution in [2.75, 3.05) is 36.1 Å². The number of piperidine rings is 1. The molecular formula is C14H21N3O2. The lowest BCUT2D eigenvalue weighted by Crippen LogP contribution is -2.37. The van der Waals surface area contributed by atoms with Crippen LogP contribution in [0, 0.1) is 5.92 Å². The van der Waals surface area contributed by atoms with Gasteiger partial charge in [0.25, 0.3) is 0 Å². The molecule has 2 rings (SSSR count). The minimum absolute atomic E-state index is 0.0299. The van der Waals surface area contributed by atoms with Crippen molar-refractivity contribution >= 4 is 23.0 Å². The van der Waals surface area contributed by atoms with Crippen LogP contribution in [-0.2, 0) is 9.53 Å². The van der Waals surface area contributed by atoms with Crippen molar-refractivity contribution < 1.29 is 9.53 Å². The zero-order valence-corrected chi connectivity index (χ0v) is 11.3. The Morgan fingerprint density at radius 2 is 2.00 bits per heavy atom. The molecule has 19 heavy (non-hydrogen) atoms. The molecule has 1 heterocycles. The lowest BCUT2D eigenvalue weighted by atomic mass is 9.96. The first-order valence-corrected chi connectivity index (χ1v) is 6.68. The maximum Gasteiger partial charge on any atom is 0.309 e. The fraction of sp³-hybridized carbons (Fsp3) is 0.500. The third-order valence-corrected chi connectivity index (χ3v) is 3.55. The average Bonchev–Trinajstić information content (AvgIpc) is 2.42. The Labute approximate surface area is 113 Å². The summed E-state index contributed by atoms with van der Waals surface area (Å²) in [4.78, 5) is 13.9. The first kappa shape index (κ1) is 13.5. The summed E-state index contributed by atoms with van der Waals surface area (Å²) in [6.07, 6.45) is 1.65. The van der Waals surface area contributed by atoms with Crippen LogP contribution in [0.1, 0.15) is 19.8 Å². The second-order valence-corrected chi connectivity index (χ2v) is 4.83. The topological polar surface area (TPSA) is 81.6 Å². The zero-order chi connectivity index (χ0) is 13.8. The highest BCUT2D eigenvalue weighted by Crippen LogP contribution is 2.27. The predicted octanol–water partition coefficient (Wildman–Crippen LogP) is 1.63. The molecule has 0 bridgehead atoms. The highest BCUT2D eigenvalue weighted by molar-refractivity contribution is 5.73. The van der Waals surface area contributed by atoms with Crippen LogP contribution in [0.4, 0.5) is 17.1 Å². The van der Waals surface area contributed by atoms with Crippen molar-refractivity contribution in [1.82, 2.24) is 0 Å². The summed E-state index contributed by atoms with van der Waals surface area (Å²) >= 11 is 0. The molecule has 1 saturated heterocycles. The van der Waals surface area contributed by atoms with Crippen LogP contribution in [0.5, 0.6) is 0 Å².